The van der Waals surface area contributed by atoms with Crippen molar-refractivity contribution in [2.24, 2.45) is 0 Å². The third-order valence-electron chi connectivity index (χ3n) is 4.16. The number of carboxylic acid groups (broad SMARTS) is 1. The van der Waals surface area contributed by atoms with E-state index in [-0.39, 0.29) is 6.42 Å². The maximum atomic E-state index is 12.5. The zero-order valence-electron chi connectivity index (χ0n) is 15.3. The van der Waals surface area contributed by atoms with Gasteiger partial charge in [-0.15, -0.1) is 0 Å². The van der Waals surface area contributed by atoms with Gasteiger partial charge in [0.1, 0.15) is 5.75 Å². The van der Waals surface area contributed by atoms with E-state index < -0.39 is 32.7 Å². The lowest BCUT2D eigenvalue weighted by atomic mass is 10.1. The molecule has 0 bridgehead atoms. The Morgan fingerprint density at radius 1 is 1.04 bits per heavy atom. The molecule has 0 radical (unpaired) electrons. The van der Waals surface area contributed by atoms with E-state index in [1.165, 1.54) is 0 Å². The molecule has 1 unspecified atom stereocenters. The highest BCUT2D eigenvalue weighted by molar-refractivity contribution is 7.93. The van der Waals surface area contributed by atoms with Gasteiger partial charge in [0, 0.05) is 5.69 Å². The topological polar surface area (TPSA) is 101 Å². The molecule has 2 aromatic carbocycles. The Morgan fingerprint density at radius 2 is 1.70 bits per heavy atom. The van der Waals surface area contributed by atoms with E-state index in [1.54, 1.807) is 18.2 Å². The summed E-state index contributed by atoms with van der Waals surface area (Å²) in [6.07, 6.45) is 0.217. The van der Waals surface area contributed by atoms with Crippen LogP contribution in [0, 0.1) is 13.8 Å². The Bertz CT molecular complexity index is 920. The van der Waals surface area contributed by atoms with E-state index in [9.17, 15) is 23.1 Å². The summed E-state index contributed by atoms with van der Waals surface area (Å²) in [6.45, 7) is 3.78. The number of nitrogens with one attached hydrogen (secondary N) is 1. The van der Waals surface area contributed by atoms with E-state index >= 15 is 0 Å². The molecule has 0 aromatic heterocycles. The summed E-state index contributed by atoms with van der Waals surface area (Å²) in [7, 11) is -4.14. The van der Waals surface area contributed by atoms with Crippen molar-refractivity contribution in [2.45, 2.75) is 31.9 Å². The summed E-state index contributed by atoms with van der Waals surface area (Å²) in [5.74, 6) is -3.06. The first-order valence-corrected chi connectivity index (χ1v) is 10.3. The van der Waals surface area contributed by atoms with Gasteiger partial charge in [0.05, 0.1) is 0 Å². The highest BCUT2D eigenvalue weighted by Gasteiger charge is 2.34. The van der Waals surface area contributed by atoms with Gasteiger partial charge >= 0.3 is 5.97 Å². The number of carbonyl (C=O) groups excluding carboxylic acids is 1. The van der Waals surface area contributed by atoms with E-state index in [0.717, 1.165) is 16.7 Å². The fourth-order valence-corrected chi connectivity index (χ4v) is 4.14. The molecule has 0 aliphatic heterocycles. The van der Waals surface area contributed by atoms with Crippen molar-refractivity contribution in [3.63, 3.8) is 0 Å². The Hall–Kier alpha value is -2.67. The average Bonchev–Trinajstić information content (AvgIpc) is 2.55. The van der Waals surface area contributed by atoms with Crippen molar-refractivity contribution in [3.8, 4) is 0 Å². The summed E-state index contributed by atoms with van der Waals surface area (Å²) >= 11 is 0. The summed E-state index contributed by atoms with van der Waals surface area (Å²) in [6, 6.07) is 14.4. The van der Waals surface area contributed by atoms with E-state index in [1.807, 2.05) is 44.2 Å². The lowest BCUT2D eigenvalue weighted by Crippen LogP contribution is -2.36. The van der Waals surface area contributed by atoms with Crippen LogP contribution in [0.15, 0.2) is 48.5 Å². The van der Waals surface area contributed by atoms with E-state index in [4.69, 9.17) is 0 Å². The van der Waals surface area contributed by atoms with Crippen LogP contribution in [0.1, 0.15) is 23.1 Å². The summed E-state index contributed by atoms with van der Waals surface area (Å²) in [5.41, 5.74) is 3.30. The summed E-state index contributed by atoms with van der Waals surface area (Å²) < 4.78 is 24.9. The van der Waals surface area contributed by atoms with Gasteiger partial charge in [-0.25, -0.2) is 8.42 Å². The van der Waals surface area contributed by atoms with Crippen LogP contribution < -0.4 is 5.32 Å². The van der Waals surface area contributed by atoms with Crippen LogP contribution >= 0.6 is 0 Å². The fourth-order valence-electron chi connectivity index (χ4n) is 2.71. The first kappa shape index (κ1) is 20.6. The minimum absolute atomic E-state index is 0.0849. The molecule has 0 aliphatic rings. The highest BCUT2D eigenvalue weighted by Crippen LogP contribution is 2.15. The first-order valence-electron chi connectivity index (χ1n) is 8.54. The second kappa shape index (κ2) is 8.81. The first-order chi connectivity index (χ1) is 12.7. The predicted octanol–water partition coefficient (Wildman–Crippen LogP) is 2.74. The van der Waals surface area contributed by atoms with Gasteiger partial charge in [0.15, 0.2) is 15.1 Å². The summed E-state index contributed by atoms with van der Waals surface area (Å²) in [4.78, 5) is 23.6. The molecule has 6 nitrogen and oxygen atoms in total. The second-order valence-corrected chi connectivity index (χ2v) is 8.76. The number of rotatable bonds is 8. The van der Waals surface area contributed by atoms with Gasteiger partial charge in [-0.05, 0) is 49.9 Å². The van der Waals surface area contributed by atoms with Crippen LogP contribution in [0.25, 0.3) is 0 Å². The largest absolute Gasteiger partial charge is 0.480 e. The van der Waals surface area contributed by atoms with Gasteiger partial charge in [-0.3, -0.25) is 9.59 Å². The van der Waals surface area contributed by atoms with Crippen LogP contribution in [0.2, 0.25) is 0 Å². The van der Waals surface area contributed by atoms with Crippen LogP contribution in [0.3, 0.4) is 0 Å². The van der Waals surface area contributed by atoms with Crippen molar-refractivity contribution in [1.29, 1.82) is 0 Å². The third kappa shape index (κ3) is 6.21. The van der Waals surface area contributed by atoms with E-state index in [0.29, 0.717) is 12.1 Å². The quantitative estimate of drug-likeness (QED) is 0.723. The SMILES string of the molecule is Cc1ccc(CCC(C(=O)O)S(=O)(=O)CC(=O)Nc2cccc(C)c2)cc1. The van der Waals surface area contributed by atoms with Crippen LogP contribution in [-0.2, 0) is 25.8 Å². The molecular formula is C20H23NO5S. The molecule has 0 fully saturated rings. The molecular weight excluding hydrogens is 366 g/mol. The smallest absolute Gasteiger partial charge is 0.321 e. The van der Waals surface area contributed by atoms with Crippen molar-refractivity contribution >= 4 is 27.4 Å². The van der Waals surface area contributed by atoms with E-state index in [2.05, 4.69) is 5.32 Å². The zero-order valence-corrected chi connectivity index (χ0v) is 16.1. The minimum Gasteiger partial charge on any atom is -0.480 e. The number of anilines is 1. The number of aryl methyl sites for hydroxylation is 3. The molecule has 27 heavy (non-hydrogen) atoms. The Kier molecular flexibility index (Phi) is 6.74. The number of amides is 1. The molecule has 7 heteroatoms. The van der Waals surface area contributed by atoms with Crippen LogP contribution in [0.4, 0.5) is 5.69 Å². The normalized spacial score (nSPS) is 12.4. The number of hydrogen-bond donors (Lipinski definition) is 2. The van der Waals surface area contributed by atoms with Gasteiger partial charge in [0.25, 0.3) is 0 Å². The molecule has 0 aliphatic carbocycles. The highest BCUT2D eigenvalue weighted by atomic mass is 32.2. The van der Waals surface area contributed by atoms with Gasteiger partial charge in [0.2, 0.25) is 5.91 Å². The Morgan fingerprint density at radius 3 is 2.30 bits per heavy atom. The zero-order chi connectivity index (χ0) is 20.0. The molecule has 1 amide bonds. The number of benzene rings is 2. The number of aliphatic carboxylic acids is 1. The number of hydrogen-bond acceptors (Lipinski definition) is 4. The standard InChI is InChI=1S/C20H23NO5S/c1-14-6-8-16(9-7-14)10-11-18(20(23)24)27(25,26)13-19(22)21-17-5-3-4-15(2)12-17/h3-9,12,18H,10-11,13H2,1-2H3,(H,21,22)(H,23,24). The molecule has 0 saturated heterocycles. The third-order valence-corrected chi connectivity index (χ3v) is 6.13. The molecule has 0 saturated carbocycles. The number of sulfone groups is 1. The molecule has 0 heterocycles. The fraction of sp³-hybridized carbons (Fsp3) is 0.300. The number of carbonyl (C=O) groups is 2. The van der Waals surface area contributed by atoms with Crippen molar-refractivity contribution in [3.05, 3.63) is 65.2 Å². The second-order valence-electron chi connectivity index (χ2n) is 6.58. The van der Waals surface area contributed by atoms with Crippen LogP contribution in [-0.4, -0.2) is 36.4 Å². The Labute approximate surface area is 159 Å². The Balaban J connectivity index is 2.04. The minimum atomic E-state index is -4.14. The lowest BCUT2D eigenvalue weighted by Gasteiger charge is -2.14. The molecule has 0 spiro atoms. The molecule has 2 aromatic rings. The predicted molar refractivity (Wildman–Crippen MR) is 105 cm³/mol. The monoisotopic (exact) mass is 389 g/mol. The average molecular weight is 389 g/mol. The maximum absolute atomic E-state index is 12.5. The lowest BCUT2D eigenvalue weighted by molar-refractivity contribution is -0.136. The molecule has 1 atom stereocenters. The number of carboxylic acids is 1. The van der Waals surface area contributed by atoms with Crippen molar-refractivity contribution in [2.75, 3.05) is 11.1 Å². The van der Waals surface area contributed by atoms with Crippen molar-refractivity contribution < 1.29 is 23.1 Å². The summed E-state index contributed by atoms with van der Waals surface area (Å²) in [5, 5.41) is 10.2. The van der Waals surface area contributed by atoms with Crippen LogP contribution in [0.5, 0.6) is 0 Å². The van der Waals surface area contributed by atoms with Gasteiger partial charge in [-0.2, -0.15) is 0 Å². The van der Waals surface area contributed by atoms with Gasteiger partial charge < -0.3 is 10.4 Å². The molecule has 2 rings (SSSR count). The van der Waals surface area contributed by atoms with Crippen molar-refractivity contribution in [1.82, 2.24) is 0 Å². The molecule has 2 N–H and O–H groups in total. The molecule has 144 valence electrons. The maximum Gasteiger partial charge on any atom is 0.321 e. The van der Waals surface area contributed by atoms with Gasteiger partial charge in [-0.1, -0.05) is 42.0 Å².